The third kappa shape index (κ3) is 2.75. The first-order valence-electron chi connectivity index (χ1n) is 6.44. The number of hydrogen-bond acceptors (Lipinski definition) is 3. The summed E-state index contributed by atoms with van der Waals surface area (Å²) >= 11 is 5.34. The summed E-state index contributed by atoms with van der Waals surface area (Å²) < 4.78 is 1.23. The van der Waals surface area contributed by atoms with Crippen molar-refractivity contribution in [1.29, 1.82) is 0 Å². The van der Waals surface area contributed by atoms with Crippen molar-refractivity contribution in [3.63, 3.8) is 0 Å². The van der Waals surface area contributed by atoms with Gasteiger partial charge in [0.05, 0.1) is 3.79 Å². The average Bonchev–Trinajstić information content (AvgIpc) is 2.80. The molecule has 2 aliphatic rings. The number of nitrogens with one attached hydrogen (secondary N) is 2. The lowest BCUT2D eigenvalue weighted by molar-refractivity contribution is 0.319. The Hall–Kier alpha value is 0.1000. The van der Waals surface area contributed by atoms with Gasteiger partial charge in [-0.25, -0.2) is 0 Å². The van der Waals surface area contributed by atoms with E-state index in [9.17, 15) is 0 Å². The highest BCUT2D eigenvalue weighted by atomic mass is 79.9. The van der Waals surface area contributed by atoms with Gasteiger partial charge in [-0.3, -0.25) is 0 Å². The van der Waals surface area contributed by atoms with Crippen molar-refractivity contribution < 1.29 is 0 Å². The van der Waals surface area contributed by atoms with E-state index in [4.69, 9.17) is 0 Å². The minimum Gasteiger partial charge on any atom is -0.317 e. The Bertz CT molecular complexity index is 385. The summed E-state index contributed by atoms with van der Waals surface area (Å²) in [6.45, 7) is 4.69. The van der Waals surface area contributed by atoms with Crippen molar-refractivity contribution in [2.75, 3.05) is 19.6 Å². The first kappa shape index (κ1) is 12.2. The van der Waals surface area contributed by atoms with E-state index in [1.807, 2.05) is 11.3 Å². The highest BCUT2D eigenvalue weighted by molar-refractivity contribution is 9.11. The fraction of sp³-hybridized carbons (Fsp3) is 0.692. The summed E-state index contributed by atoms with van der Waals surface area (Å²) in [4.78, 5) is 1.43. The Kier molecular flexibility index (Phi) is 3.57. The quantitative estimate of drug-likeness (QED) is 0.892. The second kappa shape index (κ2) is 5.00. The predicted octanol–water partition coefficient (Wildman–Crippen LogP) is 2.99. The first-order chi connectivity index (χ1) is 8.28. The van der Waals surface area contributed by atoms with E-state index in [0.717, 1.165) is 12.5 Å². The molecule has 2 fully saturated rings. The number of halogens is 1. The van der Waals surface area contributed by atoms with E-state index in [1.165, 1.54) is 47.6 Å². The second-order valence-corrected chi connectivity index (χ2v) is 7.90. The molecule has 0 bridgehead atoms. The standard InChI is InChI=1S/C13H19BrN2S/c14-12-2-1-11(17-12)9-16-8-10-7-13(10)3-5-15-6-4-13/h1-2,10,15-16H,3-9H2. The first-order valence-corrected chi connectivity index (χ1v) is 8.05. The summed E-state index contributed by atoms with van der Waals surface area (Å²) in [5, 5.41) is 7.08. The Morgan fingerprint density at radius 3 is 2.94 bits per heavy atom. The Balaban J connectivity index is 1.41. The minimum atomic E-state index is 0.717. The molecule has 1 aliphatic carbocycles. The van der Waals surface area contributed by atoms with Crippen LogP contribution < -0.4 is 10.6 Å². The van der Waals surface area contributed by atoms with Gasteiger partial charge in [0.15, 0.2) is 0 Å². The maximum absolute atomic E-state index is 3.62. The molecule has 2 heterocycles. The summed E-state index contributed by atoms with van der Waals surface area (Å²) in [7, 11) is 0. The summed E-state index contributed by atoms with van der Waals surface area (Å²) in [6, 6.07) is 4.34. The maximum atomic E-state index is 3.62. The zero-order valence-corrected chi connectivity index (χ0v) is 12.4. The van der Waals surface area contributed by atoms with E-state index in [2.05, 4.69) is 38.7 Å². The number of thiophene rings is 1. The molecule has 1 aliphatic heterocycles. The Labute approximate surface area is 115 Å². The molecular weight excluding hydrogens is 296 g/mol. The van der Waals surface area contributed by atoms with E-state index in [1.54, 1.807) is 0 Å². The zero-order chi connectivity index (χ0) is 11.7. The molecule has 2 nitrogen and oxygen atoms in total. The number of piperidine rings is 1. The predicted molar refractivity (Wildman–Crippen MR) is 76.4 cm³/mol. The molecule has 94 valence electrons. The molecule has 4 heteroatoms. The molecule has 2 N–H and O–H groups in total. The lowest BCUT2D eigenvalue weighted by Gasteiger charge is -2.23. The average molecular weight is 315 g/mol. The topological polar surface area (TPSA) is 24.1 Å². The van der Waals surface area contributed by atoms with Crippen molar-refractivity contribution in [3.8, 4) is 0 Å². The van der Waals surface area contributed by atoms with E-state index in [-0.39, 0.29) is 0 Å². The molecule has 17 heavy (non-hydrogen) atoms. The Morgan fingerprint density at radius 2 is 2.24 bits per heavy atom. The number of rotatable bonds is 4. The van der Waals surface area contributed by atoms with Crippen LogP contribution in [0.5, 0.6) is 0 Å². The third-order valence-corrected chi connectivity index (χ3v) is 5.90. The molecule has 1 atom stereocenters. The SMILES string of the molecule is Brc1ccc(CNCC2CC23CCNCC3)s1. The molecule has 1 saturated carbocycles. The molecule has 0 aromatic carbocycles. The van der Waals surface area contributed by atoms with Crippen molar-refractivity contribution in [1.82, 2.24) is 10.6 Å². The Morgan fingerprint density at radius 1 is 1.41 bits per heavy atom. The van der Waals surface area contributed by atoms with E-state index < -0.39 is 0 Å². The van der Waals surface area contributed by atoms with Gasteiger partial charge < -0.3 is 10.6 Å². The van der Waals surface area contributed by atoms with Gasteiger partial charge in [0.2, 0.25) is 0 Å². The minimum absolute atomic E-state index is 0.717. The van der Waals surface area contributed by atoms with Crippen LogP contribution in [-0.4, -0.2) is 19.6 Å². The van der Waals surface area contributed by atoms with Gasteiger partial charge in [-0.05, 0) is 78.3 Å². The molecule has 0 radical (unpaired) electrons. The van der Waals surface area contributed by atoms with Crippen LogP contribution in [0.15, 0.2) is 15.9 Å². The van der Waals surface area contributed by atoms with Gasteiger partial charge >= 0.3 is 0 Å². The molecule has 1 spiro atoms. The van der Waals surface area contributed by atoms with Crippen molar-refractivity contribution in [3.05, 3.63) is 20.8 Å². The maximum Gasteiger partial charge on any atom is 0.0701 e. The lowest BCUT2D eigenvalue weighted by atomic mass is 9.92. The van der Waals surface area contributed by atoms with Crippen LogP contribution in [0.3, 0.4) is 0 Å². The summed E-state index contributed by atoms with van der Waals surface area (Å²) in [5.41, 5.74) is 0.717. The highest BCUT2D eigenvalue weighted by Gasteiger charge is 2.52. The zero-order valence-electron chi connectivity index (χ0n) is 9.97. The number of hydrogen-bond donors (Lipinski definition) is 2. The van der Waals surface area contributed by atoms with Crippen molar-refractivity contribution in [2.24, 2.45) is 11.3 Å². The van der Waals surface area contributed by atoms with Gasteiger partial charge in [-0.2, -0.15) is 0 Å². The van der Waals surface area contributed by atoms with Crippen LogP contribution in [0.4, 0.5) is 0 Å². The van der Waals surface area contributed by atoms with Crippen LogP contribution in [0.25, 0.3) is 0 Å². The summed E-state index contributed by atoms with van der Waals surface area (Å²) in [5.74, 6) is 0.938. The van der Waals surface area contributed by atoms with Gasteiger partial charge in [-0.15, -0.1) is 11.3 Å². The van der Waals surface area contributed by atoms with Crippen LogP contribution in [0, 0.1) is 11.3 Å². The molecular formula is C13H19BrN2S. The van der Waals surface area contributed by atoms with Crippen LogP contribution in [0.2, 0.25) is 0 Å². The van der Waals surface area contributed by atoms with Crippen LogP contribution in [-0.2, 0) is 6.54 Å². The van der Waals surface area contributed by atoms with Crippen molar-refractivity contribution in [2.45, 2.75) is 25.8 Å². The molecule has 3 rings (SSSR count). The molecule has 1 aromatic rings. The molecule has 1 unspecified atom stereocenters. The second-order valence-electron chi connectivity index (χ2n) is 5.35. The van der Waals surface area contributed by atoms with Crippen LogP contribution >= 0.6 is 27.3 Å². The fourth-order valence-electron chi connectivity index (χ4n) is 3.07. The fourth-order valence-corrected chi connectivity index (χ4v) is 4.53. The van der Waals surface area contributed by atoms with Crippen LogP contribution in [0.1, 0.15) is 24.1 Å². The van der Waals surface area contributed by atoms with Crippen molar-refractivity contribution >= 4 is 27.3 Å². The van der Waals surface area contributed by atoms with Gasteiger partial charge in [0.1, 0.15) is 0 Å². The summed E-state index contributed by atoms with van der Waals surface area (Å²) in [6.07, 6.45) is 4.24. The van der Waals surface area contributed by atoms with Gasteiger partial charge in [-0.1, -0.05) is 0 Å². The molecule has 1 aromatic heterocycles. The molecule has 1 saturated heterocycles. The molecule has 0 amide bonds. The van der Waals surface area contributed by atoms with E-state index >= 15 is 0 Å². The lowest BCUT2D eigenvalue weighted by Crippen LogP contribution is -2.31. The largest absolute Gasteiger partial charge is 0.317 e. The third-order valence-electron chi connectivity index (χ3n) is 4.28. The van der Waals surface area contributed by atoms with Gasteiger partial charge in [0, 0.05) is 11.4 Å². The normalized spacial score (nSPS) is 26.3. The monoisotopic (exact) mass is 314 g/mol. The van der Waals surface area contributed by atoms with Gasteiger partial charge in [0.25, 0.3) is 0 Å². The smallest absolute Gasteiger partial charge is 0.0701 e. The van der Waals surface area contributed by atoms with E-state index in [0.29, 0.717) is 5.41 Å². The highest BCUT2D eigenvalue weighted by Crippen LogP contribution is 2.58.